The summed E-state index contributed by atoms with van der Waals surface area (Å²) in [6.45, 7) is 0.446. The molecule has 102 valence electrons. The molecule has 3 aromatic rings. The Kier molecular flexibility index (Phi) is 3.54. The minimum atomic E-state index is -0.613. The largest absolute Gasteiger partial charge is 0.379 e. The Hall–Kier alpha value is -1.72. The predicted molar refractivity (Wildman–Crippen MR) is 78.3 cm³/mol. The van der Waals surface area contributed by atoms with Gasteiger partial charge in [-0.3, -0.25) is 0 Å². The first kappa shape index (κ1) is 13.3. The number of anilines is 1. The van der Waals surface area contributed by atoms with E-state index >= 15 is 0 Å². The van der Waals surface area contributed by atoms with Crippen molar-refractivity contribution in [2.75, 3.05) is 5.32 Å². The molecule has 0 aliphatic carbocycles. The van der Waals surface area contributed by atoms with E-state index in [-0.39, 0.29) is 0 Å². The lowest BCUT2D eigenvalue weighted by molar-refractivity contribution is 0.593. The fourth-order valence-corrected chi connectivity index (χ4v) is 2.84. The Balaban J connectivity index is 1.81. The summed E-state index contributed by atoms with van der Waals surface area (Å²) in [5.41, 5.74) is 1.24. The van der Waals surface area contributed by atoms with E-state index in [0.717, 1.165) is 11.8 Å². The minimum Gasteiger partial charge on any atom is -0.379 e. The molecule has 0 atom stereocenters. The number of fused-ring (bicyclic) bond motifs is 1. The first-order valence-corrected chi connectivity index (χ1v) is 7.05. The van der Waals surface area contributed by atoms with Crippen molar-refractivity contribution in [1.29, 1.82) is 0 Å². The van der Waals surface area contributed by atoms with Gasteiger partial charge in [0.1, 0.15) is 16.6 Å². The zero-order chi connectivity index (χ0) is 14.1. The van der Waals surface area contributed by atoms with Crippen LogP contribution in [0.15, 0.2) is 36.4 Å². The van der Waals surface area contributed by atoms with E-state index in [4.69, 9.17) is 11.6 Å². The molecular weight excluding hydrogens is 302 g/mol. The summed E-state index contributed by atoms with van der Waals surface area (Å²) in [4.78, 5) is 4.22. The lowest BCUT2D eigenvalue weighted by atomic mass is 10.3. The zero-order valence-electron chi connectivity index (χ0n) is 10.2. The summed E-state index contributed by atoms with van der Waals surface area (Å²) in [7, 11) is 0. The van der Waals surface area contributed by atoms with E-state index in [9.17, 15) is 8.78 Å². The molecule has 0 unspecified atom stereocenters. The second-order valence-electron chi connectivity index (χ2n) is 4.20. The molecule has 20 heavy (non-hydrogen) atoms. The summed E-state index contributed by atoms with van der Waals surface area (Å²) in [5.74, 6) is -1.19. The van der Waals surface area contributed by atoms with E-state index in [1.54, 1.807) is 12.1 Å². The van der Waals surface area contributed by atoms with E-state index in [0.29, 0.717) is 26.8 Å². The topological polar surface area (TPSA) is 24.9 Å². The molecule has 6 heteroatoms. The number of nitrogens with zero attached hydrogens (tertiary/aromatic N) is 1. The third kappa shape index (κ3) is 2.73. The highest BCUT2D eigenvalue weighted by Gasteiger charge is 2.10. The van der Waals surface area contributed by atoms with E-state index in [2.05, 4.69) is 10.3 Å². The van der Waals surface area contributed by atoms with Gasteiger partial charge in [0.2, 0.25) is 0 Å². The van der Waals surface area contributed by atoms with Gasteiger partial charge in [0.15, 0.2) is 0 Å². The van der Waals surface area contributed by atoms with Crippen LogP contribution in [0.4, 0.5) is 14.5 Å². The highest BCUT2D eigenvalue weighted by atomic mass is 35.5. The van der Waals surface area contributed by atoms with Gasteiger partial charge in [-0.05, 0) is 24.3 Å². The smallest absolute Gasteiger partial charge is 0.145 e. The number of thiazole rings is 1. The second kappa shape index (κ2) is 5.34. The molecule has 0 amide bonds. The van der Waals surface area contributed by atoms with Gasteiger partial charge >= 0.3 is 0 Å². The van der Waals surface area contributed by atoms with Gasteiger partial charge < -0.3 is 5.32 Å². The van der Waals surface area contributed by atoms with Gasteiger partial charge in [-0.25, -0.2) is 13.8 Å². The fourth-order valence-electron chi connectivity index (χ4n) is 1.83. The SMILES string of the molecule is Fc1cc(F)c2sc(CNc3ccc(Cl)cc3)nc2c1. The third-order valence-electron chi connectivity index (χ3n) is 2.74. The van der Waals surface area contributed by atoms with E-state index < -0.39 is 11.6 Å². The fraction of sp³-hybridized carbons (Fsp3) is 0.0714. The van der Waals surface area contributed by atoms with Crippen LogP contribution in [0.25, 0.3) is 10.2 Å². The second-order valence-corrected chi connectivity index (χ2v) is 5.72. The number of halogens is 3. The molecule has 0 saturated heterocycles. The molecule has 0 fully saturated rings. The summed E-state index contributed by atoms with van der Waals surface area (Å²) < 4.78 is 27.0. The first-order chi connectivity index (χ1) is 9.61. The average molecular weight is 311 g/mol. The molecular formula is C14H9ClF2N2S. The van der Waals surface area contributed by atoms with Crippen molar-refractivity contribution in [3.63, 3.8) is 0 Å². The van der Waals surface area contributed by atoms with Crippen molar-refractivity contribution >= 4 is 38.8 Å². The van der Waals surface area contributed by atoms with Crippen LogP contribution in [0.5, 0.6) is 0 Å². The molecule has 2 aromatic carbocycles. The number of nitrogens with one attached hydrogen (secondary N) is 1. The molecule has 0 radical (unpaired) electrons. The molecule has 0 spiro atoms. The standard InChI is InChI=1S/C14H9ClF2N2S/c15-8-1-3-10(4-2-8)18-7-13-19-12-6-9(16)5-11(17)14(12)20-13/h1-6,18H,7H2. The number of hydrogen-bond donors (Lipinski definition) is 1. The normalized spacial score (nSPS) is 10.9. The molecule has 1 heterocycles. The van der Waals surface area contributed by atoms with Crippen LogP contribution in [-0.4, -0.2) is 4.98 Å². The van der Waals surface area contributed by atoms with Gasteiger partial charge in [-0.2, -0.15) is 0 Å². The Morgan fingerprint density at radius 1 is 1.15 bits per heavy atom. The van der Waals surface area contributed by atoms with E-state index in [1.165, 1.54) is 17.4 Å². The molecule has 1 N–H and O–H groups in total. The number of benzene rings is 2. The van der Waals surface area contributed by atoms with Crippen molar-refractivity contribution in [3.8, 4) is 0 Å². The lowest BCUT2D eigenvalue weighted by Gasteiger charge is -2.03. The van der Waals surface area contributed by atoms with Gasteiger partial charge in [-0.15, -0.1) is 11.3 Å². The van der Waals surface area contributed by atoms with Crippen LogP contribution in [0, 0.1) is 11.6 Å². The summed E-state index contributed by atoms with van der Waals surface area (Å²) >= 11 is 7.01. The van der Waals surface area contributed by atoms with Crippen molar-refractivity contribution < 1.29 is 8.78 Å². The quantitative estimate of drug-likeness (QED) is 0.748. The van der Waals surface area contributed by atoms with Crippen LogP contribution in [-0.2, 0) is 6.54 Å². The molecule has 3 rings (SSSR count). The number of rotatable bonds is 3. The summed E-state index contributed by atoms with van der Waals surface area (Å²) in [5, 5.41) is 4.51. The van der Waals surface area contributed by atoms with Crippen molar-refractivity contribution in [2.24, 2.45) is 0 Å². The predicted octanol–water partition coefficient (Wildman–Crippen LogP) is 4.84. The average Bonchev–Trinajstić information content (AvgIpc) is 2.81. The van der Waals surface area contributed by atoms with Crippen LogP contribution >= 0.6 is 22.9 Å². The first-order valence-electron chi connectivity index (χ1n) is 5.86. The van der Waals surface area contributed by atoms with Crippen molar-refractivity contribution in [2.45, 2.75) is 6.54 Å². The zero-order valence-corrected chi connectivity index (χ0v) is 11.7. The van der Waals surface area contributed by atoms with Crippen LogP contribution in [0.3, 0.4) is 0 Å². The Bertz CT molecular complexity index is 756. The summed E-state index contributed by atoms with van der Waals surface area (Å²) in [6.07, 6.45) is 0. The molecule has 0 aliphatic rings. The Labute approximate surface area is 123 Å². The van der Waals surface area contributed by atoms with Gasteiger partial charge in [0, 0.05) is 22.8 Å². The van der Waals surface area contributed by atoms with Crippen LogP contribution < -0.4 is 5.32 Å². The molecule has 0 bridgehead atoms. The lowest BCUT2D eigenvalue weighted by Crippen LogP contribution is -1.98. The van der Waals surface area contributed by atoms with Gasteiger partial charge in [-0.1, -0.05) is 11.6 Å². The maximum Gasteiger partial charge on any atom is 0.145 e. The maximum absolute atomic E-state index is 13.6. The third-order valence-corrected chi connectivity index (χ3v) is 4.07. The van der Waals surface area contributed by atoms with Gasteiger partial charge in [0.05, 0.1) is 16.8 Å². The van der Waals surface area contributed by atoms with Crippen LogP contribution in [0.1, 0.15) is 5.01 Å². The number of hydrogen-bond acceptors (Lipinski definition) is 3. The van der Waals surface area contributed by atoms with E-state index in [1.807, 2.05) is 12.1 Å². The highest BCUT2D eigenvalue weighted by Crippen LogP contribution is 2.26. The Morgan fingerprint density at radius 2 is 1.90 bits per heavy atom. The molecule has 0 aliphatic heterocycles. The van der Waals surface area contributed by atoms with Crippen LogP contribution in [0.2, 0.25) is 5.02 Å². The maximum atomic E-state index is 13.6. The van der Waals surface area contributed by atoms with Crippen molar-refractivity contribution in [3.05, 3.63) is 58.1 Å². The monoisotopic (exact) mass is 310 g/mol. The minimum absolute atomic E-state index is 0.348. The Morgan fingerprint density at radius 3 is 2.65 bits per heavy atom. The molecule has 2 nitrogen and oxygen atoms in total. The highest BCUT2D eigenvalue weighted by molar-refractivity contribution is 7.18. The van der Waals surface area contributed by atoms with Gasteiger partial charge in [0.25, 0.3) is 0 Å². The molecule has 1 aromatic heterocycles. The molecule has 0 saturated carbocycles. The summed E-state index contributed by atoms with van der Waals surface area (Å²) in [6, 6.07) is 9.35. The number of aromatic nitrogens is 1. The van der Waals surface area contributed by atoms with Crippen molar-refractivity contribution in [1.82, 2.24) is 4.98 Å².